The number of benzene rings is 1. The number of carboxylic acids is 1. The molecule has 17 heavy (non-hydrogen) atoms. The summed E-state index contributed by atoms with van der Waals surface area (Å²) in [5, 5.41) is 9.17. The van der Waals surface area contributed by atoms with Gasteiger partial charge in [0.1, 0.15) is 0 Å². The Morgan fingerprint density at radius 1 is 1.18 bits per heavy atom. The number of aryl methyl sites for hydroxylation is 2. The van der Waals surface area contributed by atoms with E-state index in [1.54, 1.807) is 0 Å². The Balaban J connectivity index is 2.70. The maximum absolute atomic E-state index is 11.2. The molecule has 1 heterocycles. The Kier molecular flexibility index (Phi) is 2.91. The molecule has 0 fully saturated rings. The van der Waals surface area contributed by atoms with E-state index in [1.807, 2.05) is 44.2 Å². The predicted molar refractivity (Wildman–Crippen MR) is 66.1 cm³/mol. The van der Waals surface area contributed by atoms with E-state index < -0.39 is 5.97 Å². The van der Waals surface area contributed by atoms with Gasteiger partial charge in [-0.1, -0.05) is 24.3 Å². The van der Waals surface area contributed by atoms with Crippen LogP contribution >= 0.6 is 0 Å². The SMILES string of the molecule is Cc1cc(-c2ccccc2C)c(C(=O)O)cn1. The third kappa shape index (κ3) is 2.18. The molecule has 0 unspecified atom stereocenters. The van der Waals surface area contributed by atoms with Crippen LogP contribution in [0.15, 0.2) is 36.5 Å². The highest BCUT2D eigenvalue weighted by Gasteiger charge is 2.13. The number of carbonyl (C=O) groups is 1. The third-order valence-corrected chi connectivity index (χ3v) is 2.71. The van der Waals surface area contributed by atoms with Crippen molar-refractivity contribution in [1.82, 2.24) is 4.98 Å². The molecule has 0 saturated heterocycles. The lowest BCUT2D eigenvalue weighted by Crippen LogP contribution is -2.02. The smallest absolute Gasteiger partial charge is 0.337 e. The van der Waals surface area contributed by atoms with Crippen molar-refractivity contribution >= 4 is 5.97 Å². The molecule has 2 rings (SSSR count). The molecule has 0 atom stereocenters. The minimum absolute atomic E-state index is 0.241. The van der Waals surface area contributed by atoms with Gasteiger partial charge in [-0.05, 0) is 36.6 Å². The van der Waals surface area contributed by atoms with Gasteiger partial charge in [-0.2, -0.15) is 0 Å². The van der Waals surface area contributed by atoms with Crippen molar-refractivity contribution in [3.63, 3.8) is 0 Å². The number of hydrogen-bond donors (Lipinski definition) is 1. The summed E-state index contributed by atoms with van der Waals surface area (Å²) in [5.74, 6) is -0.948. The summed E-state index contributed by atoms with van der Waals surface area (Å²) in [6, 6.07) is 9.55. The van der Waals surface area contributed by atoms with Crippen molar-refractivity contribution in [2.24, 2.45) is 0 Å². The van der Waals surface area contributed by atoms with E-state index >= 15 is 0 Å². The quantitative estimate of drug-likeness (QED) is 0.857. The molecule has 1 aromatic carbocycles. The van der Waals surface area contributed by atoms with E-state index in [1.165, 1.54) is 6.20 Å². The highest BCUT2D eigenvalue weighted by atomic mass is 16.4. The van der Waals surface area contributed by atoms with Gasteiger partial charge < -0.3 is 5.11 Å². The first-order valence-corrected chi connectivity index (χ1v) is 5.35. The molecule has 0 aliphatic heterocycles. The molecule has 3 heteroatoms. The van der Waals surface area contributed by atoms with Crippen molar-refractivity contribution in [2.45, 2.75) is 13.8 Å². The van der Waals surface area contributed by atoms with Gasteiger partial charge in [0.25, 0.3) is 0 Å². The summed E-state index contributed by atoms with van der Waals surface area (Å²) >= 11 is 0. The van der Waals surface area contributed by atoms with Gasteiger partial charge >= 0.3 is 5.97 Å². The van der Waals surface area contributed by atoms with Crippen LogP contribution in [0.3, 0.4) is 0 Å². The molecule has 2 aromatic rings. The van der Waals surface area contributed by atoms with Crippen LogP contribution in [-0.2, 0) is 0 Å². The molecule has 0 radical (unpaired) electrons. The number of aromatic nitrogens is 1. The first kappa shape index (κ1) is 11.3. The van der Waals surface area contributed by atoms with Gasteiger partial charge in [-0.3, -0.25) is 4.98 Å². The normalized spacial score (nSPS) is 10.2. The van der Waals surface area contributed by atoms with E-state index in [-0.39, 0.29) is 5.56 Å². The van der Waals surface area contributed by atoms with Gasteiger partial charge in [0, 0.05) is 11.9 Å². The molecular formula is C14H13NO2. The molecule has 0 aliphatic carbocycles. The lowest BCUT2D eigenvalue weighted by Gasteiger charge is -2.09. The van der Waals surface area contributed by atoms with Crippen LogP contribution in [0.2, 0.25) is 0 Å². The number of carboxylic acid groups (broad SMARTS) is 1. The topological polar surface area (TPSA) is 50.2 Å². The fourth-order valence-electron chi connectivity index (χ4n) is 1.83. The molecule has 0 bridgehead atoms. The summed E-state index contributed by atoms with van der Waals surface area (Å²) in [7, 11) is 0. The van der Waals surface area contributed by atoms with E-state index in [4.69, 9.17) is 5.11 Å². The summed E-state index contributed by atoms with van der Waals surface area (Å²) in [6.45, 7) is 3.82. The number of pyridine rings is 1. The zero-order chi connectivity index (χ0) is 12.4. The Morgan fingerprint density at radius 2 is 1.88 bits per heavy atom. The molecule has 86 valence electrons. The lowest BCUT2D eigenvalue weighted by atomic mass is 9.97. The largest absolute Gasteiger partial charge is 0.478 e. The van der Waals surface area contributed by atoms with Crippen molar-refractivity contribution in [1.29, 1.82) is 0 Å². The summed E-state index contributed by atoms with van der Waals surface area (Å²) in [6.07, 6.45) is 1.42. The van der Waals surface area contributed by atoms with E-state index in [2.05, 4.69) is 4.98 Å². The Labute approximate surface area is 99.8 Å². The fourth-order valence-corrected chi connectivity index (χ4v) is 1.83. The Morgan fingerprint density at radius 3 is 2.53 bits per heavy atom. The van der Waals surface area contributed by atoms with Gasteiger partial charge in [0.2, 0.25) is 0 Å². The number of aromatic carboxylic acids is 1. The second-order valence-corrected chi connectivity index (χ2v) is 3.99. The monoisotopic (exact) mass is 227 g/mol. The fraction of sp³-hybridized carbons (Fsp3) is 0.143. The number of hydrogen-bond acceptors (Lipinski definition) is 2. The maximum Gasteiger partial charge on any atom is 0.337 e. The van der Waals surface area contributed by atoms with Gasteiger partial charge in [0.15, 0.2) is 0 Å². The summed E-state index contributed by atoms with van der Waals surface area (Å²) < 4.78 is 0. The van der Waals surface area contributed by atoms with Crippen molar-refractivity contribution < 1.29 is 9.90 Å². The van der Waals surface area contributed by atoms with Crippen molar-refractivity contribution in [3.8, 4) is 11.1 Å². The van der Waals surface area contributed by atoms with Crippen molar-refractivity contribution in [2.75, 3.05) is 0 Å². The number of rotatable bonds is 2. The average Bonchev–Trinajstić information content (AvgIpc) is 2.29. The Hall–Kier alpha value is -2.16. The highest BCUT2D eigenvalue weighted by Crippen LogP contribution is 2.26. The molecule has 0 amide bonds. The lowest BCUT2D eigenvalue weighted by molar-refractivity contribution is 0.0697. The van der Waals surface area contributed by atoms with E-state index in [9.17, 15) is 4.79 Å². The van der Waals surface area contributed by atoms with Crippen LogP contribution < -0.4 is 0 Å². The summed E-state index contributed by atoms with van der Waals surface area (Å²) in [4.78, 5) is 15.2. The molecule has 1 N–H and O–H groups in total. The zero-order valence-electron chi connectivity index (χ0n) is 9.77. The minimum atomic E-state index is -0.948. The second-order valence-electron chi connectivity index (χ2n) is 3.99. The molecule has 0 spiro atoms. The molecular weight excluding hydrogens is 214 g/mol. The van der Waals surface area contributed by atoms with Crippen LogP contribution in [0.25, 0.3) is 11.1 Å². The summed E-state index contributed by atoms with van der Waals surface area (Å²) in [5.41, 5.74) is 3.78. The predicted octanol–water partition coefficient (Wildman–Crippen LogP) is 3.06. The molecule has 0 saturated carbocycles. The van der Waals surface area contributed by atoms with Crippen LogP contribution in [0.4, 0.5) is 0 Å². The second kappa shape index (κ2) is 4.37. The minimum Gasteiger partial charge on any atom is -0.478 e. The van der Waals surface area contributed by atoms with Crippen LogP contribution in [0, 0.1) is 13.8 Å². The highest BCUT2D eigenvalue weighted by molar-refractivity contribution is 5.96. The number of nitrogens with zero attached hydrogens (tertiary/aromatic N) is 1. The van der Waals surface area contributed by atoms with Crippen LogP contribution in [0.1, 0.15) is 21.6 Å². The molecule has 1 aromatic heterocycles. The zero-order valence-corrected chi connectivity index (χ0v) is 9.77. The average molecular weight is 227 g/mol. The van der Waals surface area contributed by atoms with E-state index in [0.29, 0.717) is 0 Å². The van der Waals surface area contributed by atoms with Crippen LogP contribution in [-0.4, -0.2) is 16.1 Å². The molecule has 3 nitrogen and oxygen atoms in total. The standard InChI is InChI=1S/C14H13NO2/c1-9-5-3-4-6-11(9)12-7-10(2)15-8-13(12)14(16)17/h3-8H,1-2H3,(H,16,17). The van der Waals surface area contributed by atoms with Crippen LogP contribution in [0.5, 0.6) is 0 Å². The van der Waals surface area contributed by atoms with E-state index in [0.717, 1.165) is 22.4 Å². The first-order chi connectivity index (χ1) is 8.09. The van der Waals surface area contributed by atoms with Gasteiger partial charge in [-0.25, -0.2) is 4.79 Å². The van der Waals surface area contributed by atoms with Gasteiger partial charge in [0.05, 0.1) is 5.56 Å². The maximum atomic E-state index is 11.2. The third-order valence-electron chi connectivity index (χ3n) is 2.71. The molecule has 0 aliphatic rings. The van der Waals surface area contributed by atoms with Crippen molar-refractivity contribution in [3.05, 3.63) is 53.3 Å². The van der Waals surface area contributed by atoms with Gasteiger partial charge in [-0.15, -0.1) is 0 Å². The first-order valence-electron chi connectivity index (χ1n) is 5.35. The Bertz CT molecular complexity index is 576.